The molecule has 2 aromatic carbocycles. The Balaban J connectivity index is 1.74. The summed E-state index contributed by atoms with van der Waals surface area (Å²) < 4.78 is 42.8. The molecule has 1 N–H and O–H groups in total. The van der Waals surface area contributed by atoms with Gasteiger partial charge in [0.25, 0.3) is 0 Å². The molecule has 1 aromatic heterocycles. The Labute approximate surface area is 153 Å². The van der Waals surface area contributed by atoms with E-state index in [0.717, 1.165) is 52.0 Å². The fraction of sp³-hybridized carbons (Fsp3) is 0.200. The number of nitrogens with one attached hydrogen (secondary N) is 1. The number of nitrogens with zero attached hydrogens (tertiary/aromatic N) is 2. The SMILES string of the molecule is Cn1nc2c(c1-c1ccc(OC(F)(F)F)cc1)CCc1cc(C=N)ccc1-2. The van der Waals surface area contributed by atoms with Gasteiger partial charge in [-0.3, -0.25) is 4.68 Å². The number of fused-ring (bicyclic) bond motifs is 3. The van der Waals surface area contributed by atoms with E-state index >= 15 is 0 Å². The van der Waals surface area contributed by atoms with E-state index in [2.05, 4.69) is 9.84 Å². The van der Waals surface area contributed by atoms with Crippen molar-refractivity contribution in [1.29, 1.82) is 5.41 Å². The van der Waals surface area contributed by atoms with Gasteiger partial charge in [-0.15, -0.1) is 13.2 Å². The summed E-state index contributed by atoms with van der Waals surface area (Å²) in [6.45, 7) is 0. The molecule has 0 radical (unpaired) electrons. The lowest BCUT2D eigenvalue weighted by Crippen LogP contribution is -2.16. The summed E-state index contributed by atoms with van der Waals surface area (Å²) in [6.07, 6.45) is -1.76. The molecule has 1 aliphatic carbocycles. The molecule has 7 heteroatoms. The Morgan fingerprint density at radius 3 is 2.52 bits per heavy atom. The summed E-state index contributed by atoms with van der Waals surface area (Å²) in [5.74, 6) is -0.244. The highest BCUT2D eigenvalue weighted by molar-refractivity contribution is 5.83. The zero-order chi connectivity index (χ0) is 19.2. The van der Waals surface area contributed by atoms with Gasteiger partial charge in [-0.1, -0.05) is 12.1 Å². The van der Waals surface area contributed by atoms with Crippen LogP contribution in [0.4, 0.5) is 13.2 Å². The van der Waals surface area contributed by atoms with Crippen molar-refractivity contribution in [3.05, 3.63) is 59.2 Å². The second-order valence-corrected chi connectivity index (χ2v) is 6.43. The third-order valence-corrected chi connectivity index (χ3v) is 4.70. The van der Waals surface area contributed by atoms with Crippen molar-refractivity contribution in [2.24, 2.45) is 7.05 Å². The van der Waals surface area contributed by atoms with Crippen LogP contribution in [0.25, 0.3) is 22.5 Å². The van der Waals surface area contributed by atoms with E-state index in [1.165, 1.54) is 18.3 Å². The molecule has 0 aliphatic heterocycles. The Morgan fingerprint density at radius 2 is 1.85 bits per heavy atom. The van der Waals surface area contributed by atoms with Gasteiger partial charge in [0, 0.05) is 30.0 Å². The number of hydrogen-bond donors (Lipinski definition) is 1. The molecule has 0 amide bonds. The number of hydrogen-bond acceptors (Lipinski definition) is 3. The van der Waals surface area contributed by atoms with Crippen molar-refractivity contribution in [2.45, 2.75) is 19.2 Å². The first-order chi connectivity index (χ1) is 12.9. The minimum absolute atomic E-state index is 0.244. The molecule has 0 saturated carbocycles. The summed E-state index contributed by atoms with van der Waals surface area (Å²) in [5, 5.41) is 12.1. The molecule has 4 rings (SSSR count). The van der Waals surface area contributed by atoms with Crippen LogP contribution < -0.4 is 4.74 Å². The first-order valence-electron chi connectivity index (χ1n) is 8.41. The van der Waals surface area contributed by atoms with E-state index in [0.29, 0.717) is 0 Å². The van der Waals surface area contributed by atoms with Gasteiger partial charge in [0.15, 0.2) is 0 Å². The standard InChI is InChI=1S/C20H16F3N3O/c1-26-19(13-3-6-15(7-4-13)27-20(21,22)23)17-9-5-14-10-12(11-24)2-8-16(14)18(17)25-26/h2-4,6-8,10-11,24H,5,9H2,1H3. The largest absolute Gasteiger partial charge is 0.573 e. The molecule has 27 heavy (non-hydrogen) atoms. The highest BCUT2D eigenvalue weighted by atomic mass is 19.4. The van der Waals surface area contributed by atoms with Crippen molar-refractivity contribution in [3.63, 3.8) is 0 Å². The zero-order valence-electron chi connectivity index (χ0n) is 14.5. The molecular weight excluding hydrogens is 355 g/mol. The topological polar surface area (TPSA) is 50.9 Å². The second-order valence-electron chi connectivity index (χ2n) is 6.43. The molecular formula is C20H16F3N3O. The van der Waals surface area contributed by atoms with E-state index in [4.69, 9.17) is 5.41 Å². The van der Waals surface area contributed by atoms with Crippen LogP contribution in [-0.2, 0) is 19.9 Å². The Bertz CT molecular complexity index is 1020. The quantitative estimate of drug-likeness (QED) is 0.676. The van der Waals surface area contributed by atoms with Crippen molar-refractivity contribution in [1.82, 2.24) is 9.78 Å². The van der Waals surface area contributed by atoms with Gasteiger partial charge in [-0.2, -0.15) is 5.10 Å². The maximum atomic E-state index is 12.3. The number of halogens is 3. The molecule has 0 unspecified atom stereocenters. The second kappa shape index (κ2) is 6.26. The Hall–Kier alpha value is -3.09. The number of alkyl halides is 3. The minimum atomic E-state index is -4.70. The predicted octanol–water partition coefficient (Wildman–Crippen LogP) is 4.75. The average Bonchev–Trinajstić information content (AvgIpc) is 2.97. The van der Waals surface area contributed by atoms with Crippen LogP contribution >= 0.6 is 0 Å². The minimum Gasteiger partial charge on any atom is -0.406 e. The van der Waals surface area contributed by atoms with Crippen molar-refractivity contribution >= 4 is 6.21 Å². The van der Waals surface area contributed by atoms with Gasteiger partial charge in [0.1, 0.15) is 5.75 Å². The smallest absolute Gasteiger partial charge is 0.406 e. The van der Waals surface area contributed by atoms with Crippen molar-refractivity contribution in [2.75, 3.05) is 0 Å². The number of rotatable bonds is 3. The molecule has 0 bridgehead atoms. The zero-order valence-corrected chi connectivity index (χ0v) is 14.5. The van der Waals surface area contributed by atoms with E-state index in [1.807, 2.05) is 25.2 Å². The normalized spacial score (nSPS) is 13.0. The molecule has 0 spiro atoms. The van der Waals surface area contributed by atoms with E-state index in [-0.39, 0.29) is 5.75 Å². The predicted molar refractivity (Wildman–Crippen MR) is 96.1 cm³/mol. The van der Waals surface area contributed by atoms with Gasteiger partial charge in [-0.05, 0) is 54.3 Å². The van der Waals surface area contributed by atoms with Crippen LogP contribution in [0.2, 0.25) is 0 Å². The molecule has 0 saturated heterocycles. The first kappa shape index (κ1) is 17.3. The van der Waals surface area contributed by atoms with Crippen LogP contribution in [0.15, 0.2) is 42.5 Å². The molecule has 0 atom stereocenters. The van der Waals surface area contributed by atoms with Crippen LogP contribution in [-0.4, -0.2) is 22.4 Å². The monoisotopic (exact) mass is 371 g/mol. The molecule has 0 fully saturated rings. The fourth-order valence-corrected chi connectivity index (χ4v) is 3.60. The maximum Gasteiger partial charge on any atom is 0.573 e. The van der Waals surface area contributed by atoms with E-state index < -0.39 is 6.36 Å². The van der Waals surface area contributed by atoms with Crippen LogP contribution in [0.1, 0.15) is 16.7 Å². The number of aromatic nitrogens is 2. The third-order valence-electron chi connectivity index (χ3n) is 4.70. The highest BCUT2D eigenvalue weighted by Gasteiger charge is 2.31. The average molecular weight is 371 g/mol. The van der Waals surface area contributed by atoms with Gasteiger partial charge in [0.05, 0.1) is 11.4 Å². The summed E-state index contributed by atoms with van der Waals surface area (Å²) in [7, 11) is 1.83. The van der Waals surface area contributed by atoms with Crippen LogP contribution in [0.5, 0.6) is 5.75 Å². The molecule has 138 valence electrons. The summed E-state index contributed by atoms with van der Waals surface area (Å²) >= 11 is 0. The number of ether oxygens (including phenoxy) is 1. The number of benzene rings is 2. The molecule has 3 aromatic rings. The van der Waals surface area contributed by atoms with E-state index in [1.54, 1.807) is 16.8 Å². The summed E-state index contributed by atoms with van der Waals surface area (Å²) in [5.41, 5.74) is 6.71. The van der Waals surface area contributed by atoms with Crippen LogP contribution in [0, 0.1) is 5.41 Å². The maximum absolute atomic E-state index is 12.3. The van der Waals surface area contributed by atoms with E-state index in [9.17, 15) is 13.2 Å². The lowest BCUT2D eigenvalue weighted by atomic mass is 9.87. The Morgan fingerprint density at radius 1 is 1.11 bits per heavy atom. The van der Waals surface area contributed by atoms with Gasteiger partial charge in [0.2, 0.25) is 0 Å². The van der Waals surface area contributed by atoms with Crippen molar-refractivity contribution < 1.29 is 17.9 Å². The van der Waals surface area contributed by atoms with Crippen molar-refractivity contribution in [3.8, 4) is 28.3 Å². The third kappa shape index (κ3) is 3.20. The van der Waals surface area contributed by atoms with Crippen LogP contribution in [0.3, 0.4) is 0 Å². The lowest BCUT2D eigenvalue weighted by Gasteiger charge is -2.17. The summed E-state index contributed by atoms with van der Waals surface area (Å²) in [4.78, 5) is 0. The fourth-order valence-electron chi connectivity index (χ4n) is 3.60. The Kier molecular flexibility index (Phi) is 4.02. The first-order valence-corrected chi connectivity index (χ1v) is 8.41. The van der Waals surface area contributed by atoms with Gasteiger partial charge >= 0.3 is 6.36 Å². The molecule has 1 heterocycles. The lowest BCUT2D eigenvalue weighted by molar-refractivity contribution is -0.274. The molecule has 4 nitrogen and oxygen atoms in total. The van der Waals surface area contributed by atoms with Gasteiger partial charge < -0.3 is 10.1 Å². The highest BCUT2D eigenvalue weighted by Crippen LogP contribution is 2.39. The molecule has 1 aliphatic rings. The van der Waals surface area contributed by atoms with Gasteiger partial charge in [-0.25, -0.2) is 0 Å². The summed E-state index contributed by atoms with van der Waals surface area (Å²) in [6, 6.07) is 11.7. The number of aryl methyl sites for hydroxylation is 2.